The molecule has 26 heavy (non-hydrogen) atoms. The summed E-state index contributed by atoms with van der Waals surface area (Å²) in [5, 5.41) is 0.833. The van der Waals surface area contributed by atoms with Gasteiger partial charge in [-0.2, -0.15) is 0 Å². The second-order valence-electron chi connectivity index (χ2n) is 6.28. The lowest BCUT2D eigenvalue weighted by Crippen LogP contribution is -2.29. The molecule has 0 unspecified atom stereocenters. The third kappa shape index (κ3) is 4.70. The van der Waals surface area contributed by atoms with Crippen LogP contribution >= 0.6 is 11.3 Å². The van der Waals surface area contributed by atoms with E-state index in [4.69, 9.17) is 4.74 Å². The van der Waals surface area contributed by atoms with E-state index in [1.165, 1.54) is 11.1 Å². The number of hydrogen-bond acceptors (Lipinski definition) is 4. The van der Waals surface area contributed by atoms with Gasteiger partial charge in [0.25, 0.3) is 0 Å². The molecule has 0 fully saturated rings. The number of carbonyl (C=O) groups is 1. The number of aryl methyl sites for hydroxylation is 2. The predicted molar refractivity (Wildman–Crippen MR) is 108 cm³/mol. The van der Waals surface area contributed by atoms with Gasteiger partial charge in [-0.05, 0) is 55.3 Å². The van der Waals surface area contributed by atoms with Crippen LogP contribution in [0.4, 0.5) is 0 Å². The summed E-state index contributed by atoms with van der Waals surface area (Å²) in [7, 11) is 1.77. The van der Waals surface area contributed by atoms with Crippen LogP contribution in [0.15, 0.2) is 48.5 Å². The summed E-state index contributed by atoms with van der Waals surface area (Å²) in [5.74, 6) is 0.779. The van der Waals surface area contributed by atoms with Crippen LogP contribution in [-0.2, 0) is 4.79 Å². The highest BCUT2D eigenvalue weighted by Crippen LogP contribution is 2.22. The summed E-state index contributed by atoms with van der Waals surface area (Å²) in [6, 6.07) is 14.1. The number of benzene rings is 2. The van der Waals surface area contributed by atoms with Gasteiger partial charge in [-0.25, -0.2) is 4.98 Å². The van der Waals surface area contributed by atoms with E-state index in [0.717, 1.165) is 21.0 Å². The van der Waals surface area contributed by atoms with E-state index in [2.05, 4.69) is 11.1 Å². The molecular formula is C21H22N2O2S. The quantitative estimate of drug-likeness (QED) is 0.605. The average Bonchev–Trinajstić information content (AvgIpc) is 3.01. The number of carbonyl (C=O) groups excluding carboxylic acids is 1. The smallest absolute Gasteiger partial charge is 0.246 e. The second kappa shape index (κ2) is 8.15. The highest BCUT2D eigenvalue weighted by atomic mass is 32.1. The number of amides is 1. The van der Waals surface area contributed by atoms with Crippen molar-refractivity contribution in [3.63, 3.8) is 0 Å². The Kier molecular flexibility index (Phi) is 5.68. The van der Waals surface area contributed by atoms with Crippen LogP contribution < -0.4 is 4.74 Å². The number of fused-ring (bicyclic) bond motifs is 1. The second-order valence-corrected chi connectivity index (χ2v) is 7.35. The fourth-order valence-electron chi connectivity index (χ4n) is 2.66. The molecule has 0 spiro atoms. The molecule has 0 saturated heterocycles. The molecular weight excluding hydrogens is 344 g/mol. The molecule has 134 valence electrons. The van der Waals surface area contributed by atoms with Crippen LogP contribution in [0.5, 0.6) is 5.75 Å². The first kappa shape index (κ1) is 18.1. The van der Waals surface area contributed by atoms with E-state index in [-0.39, 0.29) is 5.91 Å². The zero-order chi connectivity index (χ0) is 18.5. The lowest BCUT2D eigenvalue weighted by molar-refractivity contribution is -0.125. The molecule has 0 atom stereocenters. The molecule has 5 heteroatoms. The predicted octanol–water partition coefficient (Wildman–Crippen LogP) is 4.46. The van der Waals surface area contributed by atoms with E-state index in [1.54, 1.807) is 35.4 Å². The fraction of sp³-hybridized carbons (Fsp3) is 0.238. The average molecular weight is 366 g/mol. The summed E-state index contributed by atoms with van der Waals surface area (Å²) in [4.78, 5) is 18.4. The number of hydrogen-bond donors (Lipinski definition) is 0. The standard InChI is InChI=1S/C21H22N2O2S/c1-15-12-16(2)14-17(13-15)25-11-10-23(3)21(24)9-8-20-22-18-6-4-5-7-19(18)26-20/h4-9,12-14H,10-11H2,1-3H3/b9-8+. The summed E-state index contributed by atoms with van der Waals surface area (Å²) in [6.07, 6.45) is 3.34. The van der Waals surface area contributed by atoms with Gasteiger partial charge in [0.1, 0.15) is 17.4 Å². The normalized spacial score (nSPS) is 11.2. The zero-order valence-electron chi connectivity index (χ0n) is 15.2. The van der Waals surface area contributed by atoms with E-state index >= 15 is 0 Å². The lowest BCUT2D eigenvalue weighted by Gasteiger charge is -2.16. The first-order valence-corrected chi connectivity index (χ1v) is 9.33. The number of para-hydroxylation sites is 1. The van der Waals surface area contributed by atoms with Crippen LogP contribution in [0, 0.1) is 13.8 Å². The Morgan fingerprint density at radius 1 is 1.19 bits per heavy atom. The van der Waals surface area contributed by atoms with Gasteiger partial charge in [0, 0.05) is 13.1 Å². The van der Waals surface area contributed by atoms with Crippen LogP contribution in [0.25, 0.3) is 16.3 Å². The third-order valence-electron chi connectivity index (χ3n) is 3.95. The number of aromatic nitrogens is 1. The van der Waals surface area contributed by atoms with Gasteiger partial charge in [-0.1, -0.05) is 18.2 Å². The highest BCUT2D eigenvalue weighted by molar-refractivity contribution is 7.19. The van der Waals surface area contributed by atoms with Gasteiger partial charge in [0.05, 0.1) is 16.8 Å². The molecule has 1 heterocycles. The van der Waals surface area contributed by atoms with Gasteiger partial charge in [0.15, 0.2) is 0 Å². The largest absolute Gasteiger partial charge is 0.492 e. The molecule has 0 radical (unpaired) electrons. The molecule has 0 aliphatic carbocycles. The molecule has 0 aliphatic heterocycles. The highest BCUT2D eigenvalue weighted by Gasteiger charge is 2.06. The van der Waals surface area contributed by atoms with Crippen molar-refractivity contribution in [2.45, 2.75) is 13.8 Å². The number of nitrogens with zero attached hydrogens (tertiary/aromatic N) is 2. The number of likely N-dealkylation sites (N-methyl/N-ethyl adjacent to an activating group) is 1. The van der Waals surface area contributed by atoms with E-state index in [1.807, 2.05) is 50.2 Å². The number of thiazole rings is 1. The Morgan fingerprint density at radius 3 is 2.65 bits per heavy atom. The maximum Gasteiger partial charge on any atom is 0.246 e. The van der Waals surface area contributed by atoms with E-state index in [0.29, 0.717) is 13.2 Å². The minimum Gasteiger partial charge on any atom is -0.492 e. The topological polar surface area (TPSA) is 42.4 Å². The Balaban J connectivity index is 1.52. The van der Waals surface area contributed by atoms with Crippen LogP contribution in [0.3, 0.4) is 0 Å². The van der Waals surface area contributed by atoms with Gasteiger partial charge < -0.3 is 9.64 Å². The number of rotatable bonds is 6. The summed E-state index contributed by atoms with van der Waals surface area (Å²) >= 11 is 1.58. The minimum absolute atomic E-state index is 0.0618. The van der Waals surface area contributed by atoms with Crippen molar-refractivity contribution >= 4 is 33.5 Å². The fourth-order valence-corrected chi connectivity index (χ4v) is 3.53. The molecule has 3 aromatic rings. The van der Waals surface area contributed by atoms with Crippen molar-refractivity contribution in [3.8, 4) is 5.75 Å². The van der Waals surface area contributed by atoms with Gasteiger partial charge >= 0.3 is 0 Å². The van der Waals surface area contributed by atoms with Crippen molar-refractivity contribution < 1.29 is 9.53 Å². The molecule has 1 amide bonds. The van der Waals surface area contributed by atoms with E-state index in [9.17, 15) is 4.79 Å². The summed E-state index contributed by atoms with van der Waals surface area (Å²) in [5.41, 5.74) is 3.30. The maximum atomic E-state index is 12.2. The molecule has 3 rings (SSSR count). The van der Waals surface area contributed by atoms with Crippen molar-refractivity contribution in [3.05, 3.63) is 64.7 Å². The summed E-state index contributed by atoms with van der Waals surface area (Å²) in [6.45, 7) is 5.07. The molecule has 1 aromatic heterocycles. The molecule has 0 N–H and O–H groups in total. The molecule has 2 aromatic carbocycles. The Bertz CT molecular complexity index is 893. The molecule has 4 nitrogen and oxygen atoms in total. The van der Waals surface area contributed by atoms with Crippen molar-refractivity contribution in [2.24, 2.45) is 0 Å². The molecule has 0 bridgehead atoms. The van der Waals surface area contributed by atoms with Gasteiger partial charge in [-0.3, -0.25) is 4.79 Å². The SMILES string of the molecule is Cc1cc(C)cc(OCCN(C)C(=O)/C=C/c2nc3ccccc3s2)c1. The Labute approximate surface area is 157 Å². The monoisotopic (exact) mass is 366 g/mol. The minimum atomic E-state index is -0.0618. The van der Waals surface area contributed by atoms with Crippen molar-refractivity contribution in [1.82, 2.24) is 9.88 Å². The molecule has 0 saturated carbocycles. The van der Waals surface area contributed by atoms with Gasteiger partial charge in [-0.15, -0.1) is 11.3 Å². The first-order valence-electron chi connectivity index (χ1n) is 8.51. The maximum absolute atomic E-state index is 12.2. The first-order chi connectivity index (χ1) is 12.5. The Hall–Kier alpha value is -2.66. The van der Waals surface area contributed by atoms with Crippen molar-refractivity contribution in [1.29, 1.82) is 0 Å². The third-order valence-corrected chi connectivity index (χ3v) is 4.95. The van der Waals surface area contributed by atoms with Crippen molar-refractivity contribution in [2.75, 3.05) is 20.2 Å². The van der Waals surface area contributed by atoms with Crippen LogP contribution in [0.2, 0.25) is 0 Å². The lowest BCUT2D eigenvalue weighted by atomic mass is 10.1. The summed E-state index contributed by atoms with van der Waals surface area (Å²) < 4.78 is 6.88. The van der Waals surface area contributed by atoms with E-state index < -0.39 is 0 Å². The number of ether oxygens (including phenoxy) is 1. The van der Waals surface area contributed by atoms with Crippen LogP contribution in [-0.4, -0.2) is 36.0 Å². The van der Waals surface area contributed by atoms with Crippen LogP contribution in [0.1, 0.15) is 16.1 Å². The zero-order valence-corrected chi connectivity index (χ0v) is 16.0. The Morgan fingerprint density at radius 2 is 1.92 bits per heavy atom. The molecule has 0 aliphatic rings. The van der Waals surface area contributed by atoms with Gasteiger partial charge in [0.2, 0.25) is 5.91 Å².